The molecule has 0 aliphatic carbocycles. The molecular formula is C14H19FN2O2. The number of rotatable bonds is 4. The van der Waals surface area contributed by atoms with Crippen LogP contribution in [-0.4, -0.2) is 43.2 Å². The van der Waals surface area contributed by atoms with Crippen molar-refractivity contribution in [3.63, 3.8) is 0 Å². The number of hydrogen-bond donors (Lipinski definition) is 1. The van der Waals surface area contributed by atoms with E-state index in [1.54, 1.807) is 23.1 Å². The summed E-state index contributed by atoms with van der Waals surface area (Å²) in [4.78, 5) is 13.9. The molecule has 0 spiro atoms. The molecule has 0 radical (unpaired) electrons. The molecule has 1 aliphatic heterocycles. The van der Waals surface area contributed by atoms with Crippen molar-refractivity contribution >= 4 is 5.91 Å². The Balaban J connectivity index is 1.94. The molecule has 1 unspecified atom stereocenters. The number of morpholine rings is 1. The van der Waals surface area contributed by atoms with Crippen LogP contribution >= 0.6 is 0 Å². The summed E-state index contributed by atoms with van der Waals surface area (Å²) in [6, 6.07) is 6.38. The molecule has 2 N–H and O–H groups in total. The van der Waals surface area contributed by atoms with Crippen LogP contribution in [0.5, 0.6) is 0 Å². The van der Waals surface area contributed by atoms with E-state index in [4.69, 9.17) is 10.5 Å². The lowest BCUT2D eigenvalue weighted by Gasteiger charge is -2.33. The Morgan fingerprint density at radius 1 is 1.47 bits per heavy atom. The number of amides is 1. The van der Waals surface area contributed by atoms with Crippen molar-refractivity contribution in [1.29, 1.82) is 0 Å². The average Bonchev–Trinajstić information content (AvgIpc) is 2.42. The number of hydrogen-bond acceptors (Lipinski definition) is 3. The van der Waals surface area contributed by atoms with Crippen molar-refractivity contribution in [2.45, 2.75) is 18.9 Å². The van der Waals surface area contributed by atoms with Crippen LogP contribution in [0.4, 0.5) is 4.39 Å². The highest BCUT2D eigenvalue weighted by atomic mass is 19.1. The summed E-state index contributed by atoms with van der Waals surface area (Å²) in [5, 5.41) is 0. The number of benzene rings is 1. The number of nitrogens with two attached hydrogens (primary N) is 1. The van der Waals surface area contributed by atoms with Gasteiger partial charge in [0.2, 0.25) is 5.91 Å². The van der Waals surface area contributed by atoms with Crippen LogP contribution < -0.4 is 5.73 Å². The maximum atomic E-state index is 13.5. The summed E-state index contributed by atoms with van der Waals surface area (Å²) in [5.74, 6) is -0.391. The maximum absolute atomic E-state index is 13.5. The first kappa shape index (κ1) is 14.0. The van der Waals surface area contributed by atoms with E-state index in [2.05, 4.69) is 0 Å². The molecule has 5 heteroatoms. The second kappa shape index (κ2) is 6.63. The zero-order chi connectivity index (χ0) is 13.7. The number of nitrogens with zero attached hydrogens (tertiary/aromatic N) is 1. The van der Waals surface area contributed by atoms with Gasteiger partial charge in [0.25, 0.3) is 0 Å². The first-order chi connectivity index (χ1) is 9.20. The third kappa shape index (κ3) is 3.75. The van der Waals surface area contributed by atoms with E-state index in [0.29, 0.717) is 31.8 Å². The molecule has 19 heavy (non-hydrogen) atoms. The number of ether oxygens (including phenoxy) is 1. The Labute approximate surface area is 112 Å². The first-order valence-electron chi connectivity index (χ1n) is 6.53. The second-order valence-corrected chi connectivity index (χ2v) is 4.68. The van der Waals surface area contributed by atoms with Gasteiger partial charge < -0.3 is 15.4 Å². The van der Waals surface area contributed by atoms with E-state index in [0.717, 1.165) is 6.42 Å². The lowest BCUT2D eigenvalue weighted by Crippen LogP contribution is -2.46. The van der Waals surface area contributed by atoms with Crippen molar-refractivity contribution in [1.82, 2.24) is 4.90 Å². The molecule has 0 bridgehead atoms. The van der Waals surface area contributed by atoms with Crippen LogP contribution in [0, 0.1) is 5.82 Å². The van der Waals surface area contributed by atoms with Gasteiger partial charge in [0, 0.05) is 13.1 Å². The summed E-state index contributed by atoms with van der Waals surface area (Å²) in [6.07, 6.45) is 0.842. The third-order valence-electron chi connectivity index (χ3n) is 3.28. The van der Waals surface area contributed by atoms with Crippen LogP contribution in [0.25, 0.3) is 0 Å². The van der Waals surface area contributed by atoms with Gasteiger partial charge >= 0.3 is 0 Å². The lowest BCUT2D eigenvalue weighted by atomic mass is 10.1. The maximum Gasteiger partial charge on any atom is 0.227 e. The van der Waals surface area contributed by atoms with Crippen molar-refractivity contribution < 1.29 is 13.9 Å². The van der Waals surface area contributed by atoms with Crippen molar-refractivity contribution in [2.75, 3.05) is 26.2 Å². The standard InChI is InChI=1S/C14H19FN2O2/c15-13-4-2-1-3-11(13)9-14(18)17-7-8-19-12(10-17)5-6-16/h1-4,12H,5-10,16H2. The molecule has 1 atom stereocenters. The van der Waals surface area contributed by atoms with Gasteiger partial charge in [-0.3, -0.25) is 4.79 Å². The highest BCUT2D eigenvalue weighted by Gasteiger charge is 2.24. The summed E-state index contributed by atoms with van der Waals surface area (Å²) in [5.41, 5.74) is 5.93. The Morgan fingerprint density at radius 2 is 2.26 bits per heavy atom. The van der Waals surface area contributed by atoms with E-state index < -0.39 is 0 Å². The minimum Gasteiger partial charge on any atom is -0.374 e. The van der Waals surface area contributed by atoms with Crippen molar-refractivity contribution in [3.8, 4) is 0 Å². The van der Waals surface area contributed by atoms with E-state index in [9.17, 15) is 9.18 Å². The smallest absolute Gasteiger partial charge is 0.227 e. The Hall–Kier alpha value is -1.46. The minimum atomic E-state index is -0.331. The fraction of sp³-hybridized carbons (Fsp3) is 0.500. The molecule has 1 saturated heterocycles. The number of carbonyl (C=O) groups excluding carboxylic acids is 1. The normalized spacial score (nSPS) is 19.5. The minimum absolute atomic E-state index is 0.00307. The average molecular weight is 266 g/mol. The topological polar surface area (TPSA) is 55.6 Å². The SMILES string of the molecule is NCCC1CN(C(=O)Cc2ccccc2F)CCO1. The quantitative estimate of drug-likeness (QED) is 0.882. The summed E-state index contributed by atoms with van der Waals surface area (Å²) < 4.78 is 19.0. The van der Waals surface area contributed by atoms with Gasteiger partial charge in [-0.25, -0.2) is 4.39 Å². The monoisotopic (exact) mass is 266 g/mol. The zero-order valence-electron chi connectivity index (χ0n) is 10.8. The van der Waals surface area contributed by atoms with Gasteiger partial charge in [-0.2, -0.15) is 0 Å². The third-order valence-corrected chi connectivity index (χ3v) is 3.28. The fourth-order valence-electron chi connectivity index (χ4n) is 2.22. The molecule has 0 saturated carbocycles. The van der Waals surface area contributed by atoms with Crippen molar-refractivity contribution in [2.24, 2.45) is 5.73 Å². The summed E-state index contributed by atoms with van der Waals surface area (Å²) in [6.45, 7) is 2.17. The molecule has 0 aromatic heterocycles. The molecule has 1 aliphatic rings. The Morgan fingerprint density at radius 3 is 3.00 bits per heavy atom. The molecule has 1 aromatic carbocycles. The van der Waals surface area contributed by atoms with Gasteiger partial charge in [0.05, 0.1) is 19.1 Å². The van der Waals surface area contributed by atoms with Crippen LogP contribution in [0.2, 0.25) is 0 Å². The van der Waals surface area contributed by atoms with Gasteiger partial charge in [-0.15, -0.1) is 0 Å². The predicted molar refractivity (Wildman–Crippen MR) is 70.1 cm³/mol. The molecule has 1 aromatic rings. The molecule has 1 heterocycles. The van der Waals surface area contributed by atoms with Crippen LogP contribution in [-0.2, 0) is 16.0 Å². The molecule has 1 fully saturated rings. The Bertz CT molecular complexity index is 437. The lowest BCUT2D eigenvalue weighted by molar-refractivity contribution is -0.138. The van der Waals surface area contributed by atoms with Crippen molar-refractivity contribution in [3.05, 3.63) is 35.6 Å². The second-order valence-electron chi connectivity index (χ2n) is 4.68. The molecule has 2 rings (SSSR count). The largest absolute Gasteiger partial charge is 0.374 e. The van der Waals surface area contributed by atoms with Crippen LogP contribution in [0.15, 0.2) is 24.3 Å². The van der Waals surface area contributed by atoms with E-state index in [1.807, 2.05) is 0 Å². The molecule has 4 nitrogen and oxygen atoms in total. The van der Waals surface area contributed by atoms with Gasteiger partial charge in [0.15, 0.2) is 0 Å². The van der Waals surface area contributed by atoms with Gasteiger partial charge in [-0.05, 0) is 24.6 Å². The van der Waals surface area contributed by atoms with E-state index in [1.165, 1.54) is 6.07 Å². The highest BCUT2D eigenvalue weighted by Crippen LogP contribution is 2.12. The number of carbonyl (C=O) groups is 1. The van der Waals surface area contributed by atoms with Gasteiger partial charge in [0.1, 0.15) is 5.82 Å². The predicted octanol–water partition coefficient (Wildman–Crippen LogP) is 0.944. The summed E-state index contributed by atoms with van der Waals surface area (Å²) >= 11 is 0. The zero-order valence-corrected chi connectivity index (χ0v) is 10.8. The van der Waals surface area contributed by atoms with Crippen LogP contribution in [0.3, 0.4) is 0 Å². The number of halogens is 1. The highest BCUT2D eigenvalue weighted by molar-refractivity contribution is 5.79. The first-order valence-corrected chi connectivity index (χ1v) is 6.53. The fourth-order valence-corrected chi connectivity index (χ4v) is 2.22. The summed E-state index contributed by atoms with van der Waals surface area (Å²) in [7, 11) is 0. The van der Waals surface area contributed by atoms with Gasteiger partial charge in [-0.1, -0.05) is 18.2 Å². The molecule has 104 valence electrons. The van der Waals surface area contributed by atoms with E-state index >= 15 is 0 Å². The molecular weight excluding hydrogens is 247 g/mol. The van der Waals surface area contributed by atoms with Crippen LogP contribution in [0.1, 0.15) is 12.0 Å². The molecule has 1 amide bonds. The Kier molecular flexibility index (Phi) is 4.87. The van der Waals surface area contributed by atoms with E-state index in [-0.39, 0.29) is 24.2 Å².